The molecule has 0 radical (unpaired) electrons. The van der Waals surface area contributed by atoms with Crippen molar-refractivity contribution in [3.8, 4) is 0 Å². The van der Waals surface area contributed by atoms with Gasteiger partial charge >= 0.3 is 0 Å². The molecule has 0 aliphatic rings. The molecule has 20 heavy (non-hydrogen) atoms. The summed E-state index contributed by atoms with van der Waals surface area (Å²) in [5.74, 6) is 5.22. The van der Waals surface area contributed by atoms with Gasteiger partial charge in [-0.15, -0.1) is 0 Å². The Balaban J connectivity index is 2.35. The van der Waals surface area contributed by atoms with Gasteiger partial charge in [-0.25, -0.2) is 0 Å². The van der Waals surface area contributed by atoms with Gasteiger partial charge in [0.1, 0.15) is 0 Å². The molecule has 0 atom stereocenters. The minimum absolute atomic E-state index is 0.228. The molecule has 0 aliphatic carbocycles. The number of hydrazine groups is 1. The van der Waals surface area contributed by atoms with Crippen molar-refractivity contribution in [3.05, 3.63) is 56.5 Å². The van der Waals surface area contributed by atoms with Crippen LogP contribution in [-0.2, 0) is 0 Å². The Labute approximate surface area is 134 Å². The molecule has 0 fully saturated rings. The van der Waals surface area contributed by atoms with Crippen molar-refractivity contribution in [3.63, 3.8) is 0 Å². The zero-order valence-corrected chi connectivity index (χ0v) is 13.9. The summed E-state index contributed by atoms with van der Waals surface area (Å²) in [6.07, 6.45) is 0. The number of nitrogens with two attached hydrogens (primary N) is 1. The average Bonchev–Trinajstić information content (AvgIpc) is 2.43. The van der Waals surface area contributed by atoms with E-state index in [0.717, 1.165) is 14.5 Å². The van der Waals surface area contributed by atoms with Gasteiger partial charge in [-0.05, 0) is 63.0 Å². The summed E-state index contributed by atoms with van der Waals surface area (Å²) in [4.78, 5) is 12.4. The van der Waals surface area contributed by atoms with Crippen LogP contribution < -0.4 is 16.6 Å². The number of anilines is 2. The molecule has 6 heteroatoms. The van der Waals surface area contributed by atoms with Crippen LogP contribution >= 0.6 is 31.9 Å². The molecule has 0 saturated heterocycles. The van der Waals surface area contributed by atoms with Crippen LogP contribution in [0.15, 0.2) is 45.3 Å². The van der Waals surface area contributed by atoms with E-state index >= 15 is 0 Å². The normalized spacial score (nSPS) is 10.2. The predicted molar refractivity (Wildman–Crippen MR) is 88.8 cm³/mol. The number of carbonyl (C=O) groups excluding carboxylic acids is 1. The van der Waals surface area contributed by atoms with Crippen molar-refractivity contribution in [1.29, 1.82) is 0 Å². The molecule has 104 valence electrons. The lowest BCUT2D eigenvalue weighted by molar-refractivity contribution is 0.102. The van der Waals surface area contributed by atoms with Crippen molar-refractivity contribution in [2.45, 2.75) is 6.92 Å². The predicted octanol–water partition coefficient (Wildman–Crippen LogP) is 4.06. The molecule has 0 unspecified atom stereocenters. The van der Waals surface area contributed by atoms with Crippen LogP contribution in [0.5, 0.6) is 0 Å². The van der Waals surface area contributed by atoms with Crippen LogP contribution in [0.3, 0.4) is 0 Å². The third kappa shape index (κ3) is 3.20. The maximum atomic E-state index is 12.4. The van der Waals surface area contributed by atoms with Crippen LogP contribution in [-0.4, -0.2) is 5.91 Å². The fourth-order valence-corrected chi connectivity index (χ4v) is 2.97. The number of rotatable bonds is 3. The average molecular weight is 399 g/mol. The van der Waals surface area contributed by atoms with Gasteiger partial charge in [0.15, 0.2) is 0 Å². The number of nitrogen functional groups attached to an aromatic ring is 1. The smallest absolute Gasteiger partial charge is 0.257 e. The number of hydrogen-bond acceptors (Lipinski definition) is 3. The van der Waals surface area contributed by atoms with Gasteiger partial charge < -0.3 is 10.7 Å². The molecule has 4 nitrogen and oxygen atoms in total. The van der Waals surface area contributed by atoms with Gasteiger partial charge in [0, 0.05) is 8.95 Å². The summed E-state index contributed by atoms with van der Waals surface area (Å²) >= 11 is 6.83. The lowest BCUT2D eigenvalue weighted by Crippen LogP contribution is -2.18. The largest absolute Gasteiger partial charge is 0.323 e. The van der Waals surface area contributed by atoms with Crippen LogP contribution in [0, 0.1) is 6.92 Å². The van der Waals surface area contributed by atoms with E-state index in [1.807, 2.05) is 31.2 Å². The van der Waals surface area contributed by atoms with Crippen molar-refractivity contribution in [2.75, 3.05) is 10.7 Å². The molecule has 2 aromatic rings. The minimum atomic E-state index is -0.228. The number of hydrogen-bond donors (Lipinski definition) is 3. The topological polar surface area (TPSA) is 67.1 Å². The van der Waals surface area contributed by atoms with Crippen LogP contribution in [0.1, 0.15) is 15.9 Å². The number of halogens is 2. The molecule has 0 bridgehead atoms. The highest BCUT2D eigenvalue weighted by Gasteiger charge is 2.14. The van der Waals surface area contributed by atoms with E-state index in [0.29, 0.717) is 16.9 Å². The third-order valence-corrected chi connectivity index (χ3v) is 4.10. The van der Waals surface area contributed by atoms with Gasteiger partial charge in [0.05, 0.1) is 16.9 Å². The van der Waals surface area contributed by atoms with Gasteiger partial charge in [-0.1, -0.05) is 17.7 Å². The van der Waals surface area contributed by atoms with Gasteiger partial charge in [0.25, 0.3) is 5.91 Å². The molecule has 2 rings (SSSR count). The molecule has 0 aromatic heterocycles. The third-order valence-electron chi connectivity index (χ3n) is 2.78. The highest BCUT2D eigenvalue weighted by atomic mass is 79.9. The number of benzene rings is 2. The Morgan fingerprint density at radius 2 is 1.80 bits per heavy atom. The Hall–Kier alpha value is -1.37. The van der Waals surface area contributed by atoms with Crippen LogP contribution in [0.2, 0.25) is 0 Å². The molecule has 4 N–H and O–H groups in total. The van der Waals surface area contributed by atoms with E-state index in [1.54, 1.807) is 12.1 Å². The van der Waals surface area contributed by atoms with Gasteiger partial charge in [-0.2, -0.15) is 0 Å². The zero-order valence-electron chi connectivity index (χ0n) is 10.7. The molecular formula is C14H13Br2N3O. The van der Waals surface area contributed by atoms with Crippen molar-refractivity contribution >= 4 is 49.1 Å². The van der Waals surface area contributed by atoms with Gasteiger partial charge in [-0.3, -0.25) is 10.6 Å². The molecule has 0 aliphatic heterocycles. The second-order valence-electron chi connectivity index (χ2n) is 4.24. The van der Waals surface area contributed by atoms with E-state index in [1.165, 1.54) is 0 Å². The summed E-state index contributed by atoms with van der Waals surface area (Å²) < 4.78 is 1.60. The first-order valence-electron chi connectivity index (χ1n) is 5.85. The van der Waals surface area contributed by atoms with Crippen LogP contribution in [0.25, 0.3) is 0 Å². The number of amides is 1. The highest BCUT2D eigenvalue weighted by molar-refractivity contribution is 9.11. The molecule has 2 aromatic carbocycles. The Morgan fingerprint density at radius 3 is 2.40 bits per heavy atom. The first kappa shape index (κ1) is 15.0. The lowest BCUT2D eigenvalue weighted by Gasteiger charge is -2.12. The van der Waals surface area contributed by atoms with E-state index < -0.39 is 0 Å². The Kier molecular flexibility index (Phi) is 4.80. The number of nitrogens with one attached hydrogen (secondary N) is 2. The molecule has 0 spiro atoms. The van der Waals surface area contributed by atoms with E-state index in [4.69, 9.17) is 5.84 Å². The number of para-hydroxylation sites is 1. The minimum Gasteiger partial charge on any atom is -0.323 e. The van der Waals surface area contributed by atoms with Crippen LogP contribution in [0.4, 0.5) is 11.4 Å². The Morgan fingerprint density at radius 1 is 1.15 bits per heavy atom. The zero-order chi connectivity index (χ0) is 14.7. The quantitative estimate of drug-likeness (QED) is 0.539. The van der Waals surface area contributed by atoms with E-state index in [9.17, 15) is 4.79 Å². The van der Waals surface area contributed by atoms with Crippen molar-refractivity contribution < 1.29 is 4.79 Å². The second-order valence-corrected chi connectivity index (χ2v) is 5.95. The van der Waals surface area contributed by atoms with E-state index in [-0.39, 0.29) is 5.91 Å². The molecule has 1 amide bonds. The highest BCUT2D eigenvalue weighted by Crippen LogP contribution is 2.31. The fourth-order valence-electron chi connectivity index (χ4n) is 1.77. The Bertz CT molecular complexity index is 639. The number of carbonyl (C=O) groups is 1. The maximum Gasteiger partial charge on any atom is 0.257 e. The number of aryl methyl sites for hydroxylation is 1. The van der Waals surface area contributed by atoms with Crippen molar-refractivity contribution in [2.24, 2.45) is 5.84 Å². The summed E-state index contributed by atoms with van der Waals surface area (Å²) in [6.45, 7) is 1.92. The van der Waals surface area contributed by atoms with Crippen molar-refractivity contribution in [1.82, 2.24) is 0 Å². The summed E-state index contributed by atoms with van der Waals surface area (Å²) in [5.41, 5.74) is 5.28. The molecular weight excluding hydrogens is 386 g/mol. The van der Waals surface area contributed by atoms with Gasteiger partial charge in [0.2, 0.25) is 0 Å². The maximum absolute atomic E-state index is 12.4. The SMILES string of the molecule is Cc1ccc(NN)c(C(=O)Nc2c(Br)cccc2Br)c1. The summed E-state index contributed by atoms with van der Waals surface area (Å²) in [7, 11) is 0. The first-order valence-corrected chi connectivity index (χ1v) is 7.44. The van der Waals surface area contributed by atoms with E-state index in [2.05, 4.69) is 42.6 Å². The fraction of sp³-hybridized carbons (Fsp3) is 0.0714. The monoisotopic (exact) mass is 397 g/mol. The molecule has 0 heterocycles. The molecule has 0 saturated carbocycles. The first-order chi connectivity index (χ1) is 9.52. The summed E-state index contributed by atoms with van der Waals surface area (Å²) in [5, 5.41) is 2.87. The lowest BCUT2D eigenvalue weighted by atomic mass is 10.1. The second kappa shape index (κ2) is 6.39. The standard InChI is InChI=1S/C14H13Br2N3O/c1-8-5-6-12(19-17)9(7-8)14(20)18-13-10(15)3-2-4-11(13)16/h2-7,19H,17H2,1H3,(H,18,20). The summed E-state index contributed by atoms with van der Waals surface area (Å²) in [6, 6.07) is 11.1.